The molecule has 21 heavy (non-hydrogen) atoms. The van der Waals surface area contributed by atoms with E-state index in [-0.39, 0.29) is 5.91 Å². The van der Waals surface area contributed by atoms with Gasteiger partial charge < -0.3 is 10.1 Å². The van der Waals surface area contributed by atoms with E-state index in [0.717, 1.165) is 15.0 Å². The average Bonchev–Trinajstić information content (AvgIpc) is 2.84. The highest BCUT2D eigenvalue weighted by atomic mass is 35.5. The molecule has 0 saturated carbocycles. The van der Waals surface area contributed by atoms with Gasteiger partial charge in [0.15, 0.2) is 0 Å². The van der Waals surface area contributed by atoms with E-state index < -0.39 is 0 Å². The minimum absolute atomic E-state index is 0.0658. The highest BCUT2D eigenvalue weighted by molar-refractivity contribution is 7.99. The van der Waals surface area contributed by atoms with Crippen LogP contribution in [0, 0.1) is 0 Å². The maximum atomic E-state index is 11.8. The van der Waals surface area contributed by atoms with Crippen LogP contribution in [0.4, 0.5) is 5.69 Å². The lowest BCUT2D eigenvalue weighted by Gasteiger charge is -2.07. The highest BCUT2D eigenvalue weighted by Gasteiger charge is 2.06. The van der Waals surface area contributed by atoms with Gasteiger partial charge in [-0.1, -0.05) is 23.2 Å². The lowest BCUT2D eigenvalue weighted by molar-refractivity contribution is -0.113. The van der Waals surface area contributed by atoms with E-state index in [0.29, 0.717) is 22.2 Å². The zero-order valence-corrected chi connectivity index (χ0v) is 14.3. The number of anilines is 1. The van der Waals surface area contributed by atoms with Gasteiger partial charge in [-0.15, -0.1) is 23.1 Å². The number of hydrogen-bond donors (Lipinski definition) is 1. The molecule has 3 nitrogen and oxygen atoms in total. The molecule has 2 rings (SSSR count). The maximum absolute atomic E-state index is 11.8. The number of methoxy groups -OCH3 is 1. The van der Waals surface area contributed by atoms with Crippen LogP contribution in [0.3, 0.4) is 0 Å². The van der Waals surface area contributed by atoms with E-state index in [1.54, 1.807) is 37.1 Å². The van der Waals surface area contributed by atoms with Crippen molar-refractivity contribution in [2.75, 3.05) is 18.2 Å². The summed E-state index contributed by atoms with van der Waals surface area (Å²) in [7, 11) is 1.55. The Balaban J connectivity index is 1.80. The Hall–Kier alpha value is -0.880. The number of rotatable bonds is 6. The molecule has 0 atom stereocenters. The van der Waals surface area contributed by atoms with E-state index in [9.17, 15) is 4.79 Å². The molecule has 1 aromatic carbocycles. The molecule has 1 heterocycles. The van der Waals surface area contributed by atoms with Gasteiger partial charge >= 0.3 is 0 Å². The average molecular weight is 362 g/mol. The zero-order chi connectivity index (χ0) is 15.2. The third-order valence-electron chi connectivity index (χ3n) is 2.54. The fourth-order valence-corrected chi connectivity index (χ4v) is 3.90. The van der Waals surface area contributed by atoms with Gasteiger partial charge in [0.05, 0.1) is 22.2 Å². The first kappa shape index (κ1) is 16.5. The molecule has 0 aliphatic carbocycles. The molecule has 0 unspecified atom stereocenters. The molecule has 0 fully saturated rings. The quantitative estimate of drug-likeness (QED) is 0.791. The molecule has 112 valence electrons. The topological polar surface area (TPSA) is 38.3 Å². The summed E-state index contributed by atoms with van der Waals surface area (Å²) in [6, 6.07) is 8.98. The maximum Gasteiger partial charge on any atom is 0.234 e. The molecule has 0 aliphatic rings. The Morgan fingerprint density at radius 1 is 1.33 bits per heavy atom. The lowest BCUT2D eigenvalue weighted by atomic mass is 10.3. The molecule has 0 aliphatic heterocycles. The first-order chi connectivity index (χ1) is 10.1. The predicted molar refractivity (Wildman–Crippen MR) is 92.1 cm³/mol. The summed E-state index contributed by atoms with van der Waals surface area (Å²) in [6.07, 6.45) is 0. The number of ether oxygens (including phenoxy) is 1. The minimum atomic E-state index is -0.0658. The molecule has 7 heteroatoms. The first-order valence-electron chi connectivity index (χ1n) is 6.04. The van der Waals surface area contributed by atoms with Gasteiger partial charge in [-0.2, -0.15) is 0 Å². The molecule has 0 bridgehead atoms. The Labute approximate surface area is 141 Å². The summed E-state index contributed by atoms with van der Waals surface area (Å²) in [5.41, 5.74) is 0.658. The van der Waals surface area contributed by atoms with E-state index in [1.807, 2.05) is 12.1 Å². The van der Waals surface area contributed by atoms with Crippen molar-refractivity contribution < 1.29 is 9.53 Å². The fourth-order valence-electron chi connectivity index (χ4n) is 1.61. The first-order valence-corrected chi connectivity index (χ1v) is 8.76. The van der Waals surface area contributed by atoms with Crippen molar-refractivity contribution in [1.82, 2.24) is 0 Å². The van der Waals surface area contributed by atoms with Crippen LogP contribution in [-0.4, -0.2) is 18.8 Å². The Bertz CT molecular complexity index is 631. The summed E-state index contributed by atoms with van der Waals surface area (Å²) in [5.74, 6) is 1.66. The monoisotopic (exact) mass is 361 g/mol. The number of carbonyl (C=O) groups is 1. The van der Waals surface area contributed by atoms with E-state index in [2.05, 4.69) is 5.32 Å². The van der Waals surface area contributed by atoms with Crippen molar-refractivity contribution >= 4 is 57.9 Å². The van der Waals surface area contributed by atoms with Gasteiger partial charge in [-0.05, 0) is 30.3 Å². The van der Waals surface area contributed by atoms with Gasteiger partial charge in [0.25, 0.3) is 0 Å². The number of hydrogen-bond acceptors (Lipinski definition) is 4. The predicted octanol–water partition coefficient (Wildman–Crippen LogP) is 4.94. The summed E-state index contributed by atoms with van der Waals surface area (Å²) < 4.78 is 5.83. The molecule has 1 aromatic heterocycles. The number of thioether (sulfide) groups is 1. The van der Waals surface area contributed by atoms with Crippen LogP contribution >= 0.6 is 46.3 Å². The molecule has 1 amide bonds. The van der Waals surface area contributed by atoms with Gasteiger partial charge in [-0.3, -0.25) is 4.79 Å². The summed E-state index contributed by atoms with van der Waals surface area (Å²) >= 11 is 14.9. The van der Waals surface area contributed by atoms with Gasteiger partial charge in [0.1, 0.15) is 5.75 Å². The molecule has 0 radical (unpaired) electrons. The van der Waals surface area contributed by atoms with Gasteiger partial charge in [0, 0.05) is 16.3 Å². The second-order valence-corrected chi connectivity index (χ2v) is 7.29. The largest absolute Gasteiger partial charge is 0.495 e. The third-order valence-corrected chi connectivity index (χ3v) is 5.23. The second-order valence-electron chi connectivity index (χ2n) is 4.10. The smallest absolute Gasteiger partial charge is 0.234 e. The standard InChI is InChI=1S/C14H13Cl2NO2S2/c1-19-12-4-2-9(6-11(12)15)17-14(18)8-20-7-10-3-5-13(16)21-10/h2-6H,7-8H2,1H3,(H,17,18). The van der Waals surface area contributed by atoms with E-state index in [4.69, 9.17) is 27.9 Å². The van der Waals surface area contributed by atoms with E-state index in [1.165, 1.54) is 11.3 Å². The molecular formula is C14H13Cl2NO2S2. The van der Waals surface area contributed by atoms with Crippen LogP contribution in [0.5, 0.6) is 5.75 Å². The summed E-state index contributed by atoms with van der Waals surface area (Å²) in [4.78, 5) is 13.0. The number of nitrogens with one attached hydrogen (secondary N) is 1. The van der Waals surface area contributed by atoms with E-state index >= 15 is 0 Å². The van der Waals surface area contributed by atoms with Crippen LogP contribution in [0.25, 0.3) is 0 Å². The molecular weight excluding hydrogens is 349 g/mol. The van der Waals surface area contributed by atoms with Crippen molar-refractivity contribution in [3.63, 3.8) is 0 Å². The molecule has 2 aromatic rings. The van der Waals surface area contributed by atoms with Crippen LogP contribution in [0.2, 0.25) is 9.36 Å². The van der Waals surface area contributed by atoms with Gasteiger partial charge in [0.2, 0.25) is 5.91 Å². The Morgan fingerprint density at radius 3 is 2.76 bits per heavy atom. The van der Waals surface area contributed by atoms with Crippen molar-refractivity contribution in [3.05, 3.63) is 44.6 Å². The fraction of sp³-hybridized carbons (Fsp3) is 0.214. The Morgan fingerprint density at radius 2 is 2.14 bits per heavy atom. The third kappa shape index (κ3) is 5.11. The van der Waals surface area contributed by atoms with Crippen LogP contribution in [0.1, 0.15) is 4.88 Å². The van der Waals surface area contributed by atoms with Crippen molar-refractivity contribution in [2.24, 2.45) is 0 Å². The minimum Gasteiger partial charge on any atom is -0.495 e. The van der Waals surface area contributed by atoms with Crippen molar-refractivity contribution in [2.45, 2.75) is 5.75 Å². The highest BCUT2D eigenvalue weighted by Crippen LogP contribution is 2.28. The Kier molecular flexibility index (Phi) is 6.23. The number of halogens is 2. The van der Waals surface area contributed by atoms with Crippen LogP contribution in [-0.2, 0) is 10.5 Å². The second kappa shape index (κ2) is 7.94. The van der Waals surface area contributed by atoms with Gasteiger partial charge in [-0.25, -0.2) is 0 Å². The number of thiophene rings is 1. The lowest BCUT2D eigenvalue weighted by Crippen LogP contribution is -2.14. The van der Waals surface area contributed by atoms with Crippen LogP contribution in [0.15, 0.2) is 30.3 Å². The summed E-state index contributed by atoms with van der Waals surface area (Å²) in [6.45, 7) is 0. The summed E-state index contributed by atoms with van der Waals surface area (Å²) in [5, 5.41) is 3.27. The molecule has 1 N–H and O–H groups in total. The number of carbonyl (C=O) groups excluding carboxylic acids is 1. The SMILES string of the molecule is COc1ccc(NC(=O)CSCc2ccc(Cl)s2)cc1Cl. The zero-order valence-electron chi connectivity index (χ0n) is 11.2. The molecule has 0 saturated heterocycles. The van der Waals surface area contributed by atoms with Crippen molar-refractivity contribution in [1.29, 1.82) is 0 Å². The number of benzene rings is 1. The van der Waals surface area contributed by atoms with Crippen molar-refractivity contribution in [3.8, 4) is 5.75 Å². The number of amides is 1. The molecule has 0 spiro atoms. The van der Waals surface area contributed by atoms with Crippen LogP contribution < -0.4 is 10.1 Å². The normalized spacial score (nSPS) is 10.4.